The first-order chi connectivity index (χ1) is 10.6. The summed E-state index contributed by atoms with van der Waals surface area (Å²) >= 11 is 0. The molecule has 0 radical (unpaired) electrons. The molecule has 1 aromatic rings. The number of imide groups is 1. The third-order valence-corrected chi connectivity index (χ3v) is 5.02. The first-order valence-corrected chi connectivity index (χ1v) is 7.89. The monoisotopic (exact) mass is 302 g/mol. The Morgan fingerprint density at radius 1 is 1.14 bits per heavy atom. The van der Waals surface area contributed by atoms with Gasteiger partial charge >= 0.3 is 6.03 Å². The zero-order valence-electron chi connectivity index (χ0n) is 12.9. The topological polar surface area (TPSA) is 60.9 Å². The Labute approximate surface area is 130 Å². The van der Waals surface area contributed by atoms with E-state index >= 15 is 0 Å². The van der Waals surface area contributed by atoms with Crippen LogP contribution in [0.1, 0.15) is 43.8 Å². The number of likely N-dealkylation sites (N-methyl/N-ethyl adjacent to an activating group) is 1. The molecule has 3 rings (SSSR count). The van der Waals surface area contributed by atoms with Gasteiger partial charge in [-0.15, -0.1) is 0 Å². The highest BCUT2D eigenvalue weighted by Gasteiger charge is 2.55. The molecule has 0 bridgehead atoms. The van der Waals surface area contributed by atoms with Crippen LogP contribution in [0, 0.1) is 0 Å². The largest absolute Gasteiger partial charge is 0.387 e. The Balaban J connectivity index is 1.80. The van der Waals surface area contributed by atoms with Crippen LogP contribution in [0.4, 0.5) is 4.79 Å². The van der Waals surface area contributed by atoms with Gasteiger partial charge in [-0.1, -0.05) is 49.6 Å². The first kappa shape index (κ1) is 15.0. The fourth-order valence-electron chi connectivity index (χ4n) is 3.65. The summed E-state index contributed by atoms with van der Waals surface area (Å²) < 4.78 is 0. The van der Waals surface area contributed by atoms with Crippen molar-refractivity contribution < 1.29 is 14.7 Å². The van der Waals surface area contributed by atoms with Gasteiger partial charge in [0.25, 0.3) is 5.91 Å². The van der Waals surface area contributed by atoms with Gasteiger partial charge < -0.3 is 10.0 Å². The normalized spacial score (nSPS) is 22.5. The second-order valence-corrected chi connectivity index (χ2v) is 6.28. The molecule has 3 amide bonds. The van der Waals surface area contributed by atoms with Crippen LogP contribution in [-0.4, -0.2) is 46.0 Å². The van der Waals surface area contributed by atoms with E-state index in [0.29, 0.717) is 0 Å². The maximum Gasteiger partial charge on any atom is 0.327 e. The molecule has 1 spiro atoms. The molecule has 118 valence electrons. The molecule has 2 fully saturated rings. The Hall–Kier alpha value is -1.88. The maximum absolute atomic E-state index is 12.8. The minimum atomic E-state index is -0.846. The number of aliphatic hydroxyl groups is 1. The summed E-state index contributed by atoms with van der Waals surface area (Å²) in [6.07, 6.45) is 3.67. The van der Waals surface area contributed by atoms with Gasteiger partial charge in [0, 0.05) is 7.05 Å². The van der Waals surface area contributed by atoms with Crippen LogP contribution >= 0.6 is 0 Å². The van der Waals surface area contributed by atoms with Crippen molar-refractivity contribution in [3.63, 3.8) is 0 Å². The molecule has 1 saturated heterocycles. The summed E-state index contributed by atoms with van der Waals surface area (Å²) in [6.45, 7) is 0.0216. The predicted molar refractivity (Wildman–Crippen MR) is 82.1 cm³/mol. The highest BCUT2D eigenvalue weighted by molar-refractivity contribution is 6.07. The van der Waals surface area contributed by atoms with Crippen LogP contribution < -0.4 is 0 Å². The zero-order chi connectivity index (χ0) is 15.7. The van der Waals surface area contributed by atoms with E-state index in [2.05, 4.69) is 0 Å². The number of hydrogen-bond acceptors (Lipinski definition) is 3. The summed E-state index contributed by atoms with van der Waals surface area (Å²) in [6, 6.07) is 8.85. The second-order valence-electron chi connectivity index (χ2n) is 6.28. The van der Waals surface area contributed by atoms with E-state index in [1.807, 2.05) is 18.2 Å². The van der Waals surface area contributed by atoms with Crippen LogP contribution in [0.15, 0.2) is 30.3 Å². The minimum absolute atomic E-state index is 0.0216. The number of carbonyl (C=O) groups is 2. The number of carbonyl (C=O) groups excluding carboxylic acids is 2. The van der Waals surface area contributed by atoms with Crippen molar-refractivity contribution in [1.29, 1.82) is 0 Å². The highest BCUT2D eigenvalue weighted by atomic mass is 16.3. The number of nitrogens with zero attached hydrogens (tertiary/aromatic N) is 2. The lowest BCUT2D eigenvalue weighted by Gasteiger charge is -2.35. The molecular formula is C17H22N2O3. The summed E-state index contributed by atoms with van der Waals surface area (Å²) in [5.74, 6) is -0.144. The van der Waals surface area contributed by atoms with Gasteiger partial charge in [0.15, 0.2) is 0 Å². The predicted octanol–water partition coefficient (Wildman–Crippen LogP) is 2.32. The summed E-state index contributed by atoms with van der Waals surface area (Å²) in [5.41, 5.74) is 0.0431. The first-order valence-electron chi connectivity index (χ1n) is 7.89. The summed E-state index contributed by atoms with van der Waals surface area (Å²) in [5, 5.41) is 10.3. The number of rotatable bonds is 3. The molecule has 1 saturated carbocycles. The van der Waals surface area contributed by atoms with Crippen LogP contribution in [0.3, 0.4) is 0 Å². The lowest BCUT2D eigenvalue weighted by Crippen LogP contribution is -2.49. The molecule has 1 aliphatic heterocycles. The van der Waals surface area contributed by atoms with Crippen molar-refractivity contribution in [2.45, 2.75) is 43.7 Å². The van der Waals surface area contributed by atoms with E-state index < -0.39 is 11.6 Å². The fraction of sp³-hybridized carbons (Fsp3) is 0.529. The molecule has 0 aromatic heterocycles. The SMILES string of the molecule is CN1C(=O)N(C[C@H](O)c2ccccc2)C(=O)C12CCCCC2. The number of β-amino-alcohol motifs (C(OH)–C–C–N with tert-alkyl or cyclic N) is 1. The summed E-state index contributed by atoms with van der Waals surface area (Å²) in [7, 11) is 1.71. The number of amides is 3. The molecule has 22 heavy (non-hydrogen) atoms. The van der Waals surface area contributed by atoms with Crippen molar-refractivity contribution >= 4 is 11.9 Å². The molecule has 1 atom stereocenters. The fourth-order valence-corrected chi connectivity index (χ4v) is 3.65. The van der Waals surface area contributed by atoms with Gasteiger partial charge in [-0.25, -0.2) is 4.79 Å². The van der Waals surface area contributed by atoms with Gasteiger partial charge in [0.1, 0.15) is 5.54 Å². The van der Waals surface area contributed by atoms with E-state index in [-0.39, 0.29) is 18.5 Å². The molecular weight excluding hydrogens is 280 g/mol. The van der Waals surface area contributed by atoms with Crippen molar-refractivity contribution in [2.24, 2.45) is 0 Å². The Morgan fingerprint density at radius 3 is 2.41 bits per heavy atom. The van der Waals surface area contributed by atoms with Crippen molar-refractivity contribution in [1.82, 2.24) is 9.80 Å². The second kappa shape index (κ2) is 5.72. The van der Waals surface area contributed by atoms with Crippen LogP contribution in [0.2, 0.25) is 0 Å². The molecule has 1 heterocycles. The molecule has 1 aliphatic carbocycles. The van der Waals surface area contributed by atoms with Crippen LogP contribution in [0.25, 0.3) is 0 Å². The number of urea groups is 1. The lowest BCUT2D eigenvalue weighted by molar-refractivity contribution is -0.135. The number of hydrogen-bond donors (Lipinski definition) is 1. The Morgan fingerprint density at radius 2 is 1.77 bits per heavy atom. The zero-order valence-corrected chi connectivity index (χ0v) is 12.9. The Kier molecular flexibility index (Phi) is 3.91. The lowest BCUT2D eigenvalue weighted by atomic mass is 9.80. The van der Waals surface area contributed by atoms with E-state index in [1.54, 1.807) is 24.1 Å². The minimum Gasteiger partial charge on any atom is -0.387 e. The van der Waals surface area contributed by atoms with Crippen molar-refractivity contribution in [3.05, 3.63) is 35.9 Å². The molecule has 5 heteroatoms. The molecule has 1 N–H and O–H groups in total. The average Bonchev–Trinajstić information content (AvgIpc) is 2.73. The maximum atomic E-state index is 12.8. The summed E-state index contributed by atoms with van der Waals surface area (Å²) in [4.78, 5) is 28.1. The smallest absolute Gasteiger partial charge is 0.327 e. The Bertz CT molecular complexity index is 567. The number of benzene rings is 1. The van der Waals surface area contributed by atoms with Crippen molar-refractivity contribution in [3.8, 4) is 0 Å². The quantitative estimate of drug-likeness (QED) is 0.872. The molecule has 0 unspecified atom stereocenters. The molecule has 5 nitrogen and oxygen atoms in total. The van der Waals surface area contributed by atoms with Crippen LogP contribution in [-0.2, 0) is 4.79 Å². The van der Waals surface area contributed by atoms with E-state index in [0.717, 1.165) is 37.7 Å². The standard InChI is InChI=1S/C17H22N2O3/c1-18-16(22)19(12-14(20)13-8-4-2-5-9-13)15(21)17(18)10-6-3-7-11-17/h2,4-5,8-9,14,20H,3,6-7,10-12H2,1H3/t14-/m0/s1. The molecule has 2 aliphatic rings. The molecule has 1 aromatic carbocycles. The number of aliphatic hydroxyl groups excluding tert-OH is 1. The van der Waals surface area contributed by atoms with Gasteiger partial charge in [-0.2, -0.15) is 0 Å². The van der Waals surface area contributed by atoms with E-state index in [4.69, 9.17) is 0 Å². The van der Waals surface area contributed by atoms with Crippen LogP contribution in [0.5, 0.6) is 0 Å². The average molecular weight is 302 g/mol. The van der Waals surface area contributed by atoms with E-state index in [9.17, 15) is 14.7 Å². The van der Waals surface area contributed by atoms with E-state index in [1.165, 1.54) is 4.90 Å². The van der Waals surface area contributed by atoms with Gasteiger partial charge in [0.2, 0.25) is 0 Å². The highest BCUT2D eigenvalue weighted by Crippen LogP contribution is 2.39. The third-order valence-electron chi connectivity index (χ3n) is 5.02. The van der Waals surface area contributed by atoms with Crippen molar-refractivity contribution in [2.75, 3.05) is 13.6 Å². The third kappa shape index (κ3) is 2.29. The van der Waals surface area contributed by atoms with Gasteiger partial charge in [-0.3, -0.25) is 9.69 Å². The van der Waals surface area contributed by atoms with Gasteiger partial charge in [-0.05, 0) is 18.4 Å². The van der Waals surface area contributed by atoms with Gasteiger partial charge in [0.05, 0.1) is 12.6 Å².